The summed E-state index contributed by atoms with van der Waals surface area (Å²) in [5.74, 6) is 2.02. The molecule has 0 radical (unpaired) electrons. The van der Waals surface area contributed by atoms with E-state index in [2.05, 4.69) is 22.3 Å². The molecule has 4 rings (SSSR count). The zero-order valence-corrected chi connectivity index (χ0v) is 13.1. The zero-order chi connectivity index (χ0) is 16.1. The van der Waals surface area contributed by atoms with Gasteiger partial charge in [0.2, 0.25) is 5.95 Å². The summed E-state index contributed by atoms with van der Waals surface area (Å²) in [6, 6.07) is 6.65. The molecule has 2 atom stereocenters. The van der Waals surface area contributed by atoms with Crippen molar-refractivity contribution in [1.29, 1.82) is 0 Å². The number of aryl methyl sites for hydroxylation is 1. The van der Waals surface area contributed by atoms with Gasteiger partial charge in [-0.1, -0.05) is 19.1 Å². The average molecular weight is 310 g/mol. The Bertz CT molecular complexity index is 820. The Hall–Kier alpha value is -2.63. The molecule has 0 spiro atoms. The third-order valence-corrected chi connectivity index (χ3v) is 4.44. The van der Waals surface area contributed by atoms with Crippen LogP contribution in [0.5, 0.6) is 5.75 Å². The monoisotopic (exact) mass is 310 g/mol. The van der Waals surface area contributed by atoms with E-state index in [-0.39, 0.29) is 17.6 Å². The predicted octanol–water partition coefficient (Wildman–Crippen LogP) is 2.56. The van der Waals surface area contributed by atoms with Crippen LogP contribution in [0.15, 0.2) is 35.5 Å². The second-order valence-corrected chi connectivity index (χ2v) is 6.38. The fraction of sp³-hybridized carbons (Fsp3) is 0.353. The molecule has 2 heterocycles. The third kappa shape index (κ3) is 2.21. The lowest BCUT2D eigenvalue weighted by Gasteiger charge is -2.34. The number of nitrogens with zero attached hydrogens (tertiary/aromatic N) is 3. The van der Waals surface area contributed by atoms with Gasteiger partial charge in [0.15, 0.2) is 5.78 Å². The lowest BCUT2D eigenvalue weighted by atomic mass is 9.81. The Labute approximate surface area is 133 Å². The first kappa shape index (κ1) is 14.0. The second kappa shape index (κ2) is 4.94. The van der Waals surface area contributed by atoms with Gasteiger partial charge >= 0.3 is 0 Å². The number of fused-ring (bicyclic) bond motifs is 1. The number of Topliss-reactive ketones (excluding diaryl/α,β-unsaturated/α-hetero) is 1. The third-order valence-electron chi connectivity index (χ3n) is 4.44. The van der Waals surface area contributed by atoms with E-state index in [0.29, 0.717) is 24.1 Å². The largest absolute Gasteiger partial charge is 0.508 e. The number of benzene rings is 1. The summed E-state index contributed by atoms with van der Waals surface area (Å²) in [4.78, 5) is 17.1. The summed E-state index contributed by atoms with van der Waals surface area (Å²) in [6.07, 6.45) is 1.39. The molecule has 118 valence electrons. The SMILES string of the molecule is Cc1nc2n(n1)C(c1ccc(O)cc1)C1=C(CC(C)CC1=O)N2. The van der Waals surface area contributed by atoms with Crippen molar-refractivity contribution in [3.05, 3.63) is 46.9 Å². The number of nitrogens with one attached hydrogen (secondary N) is 1. The lowest BCUT2D eigenvalue weighted by molar-refractivity contribution is -0.117. The molecule has 23 heavy (non-hydrogen) atoms. The maximum Gasteiger partial charge on any atom is 0.226 e. The van der Waals surface area contributed by atoms with Gasteiger partial charge in [-0.15, -0.1) is 0 Å². The number of hydrogen-bond acceptors (Lipinski definition) is 5. The number of phenolic OH excluding ortho intramolecular Hbond substituents is 1. The summed E-state index contributed by atoms with van der Waals surface area (Å²) in [6.45, 7) is 3.92. The van der Waals surface area contributed by atoms with E-state index in [1.54, 1.807) is 16.8 Å². The van der Waals surface area contributed by atoms with Crippen LogP contribution in [0.25, 0.3) is 0 Å². The fourth-order valence-electron chi connectivity index (χ4n) is 3.48. The van der Waals surface area contributed by atoms with E-state index in [1.165, 1.54) is 0 Å². The summed E-state index contributed by atoms with van der Waals surface area (Å²) in [5, 5.41) is 17.3. The molecule has 0 amide bonds. The van der Waals surface area contributed by atoms with Crippen LogP contribution in [0.4, 0.5) is 5.95 Å². The minimum absolute atomic E-state index is 0.156. The molecule has 0 fully saturated rings. The highest BCUT2D eigenvalue weighted by atomic mass is 16.3. The molecule has 2 unspecified atom stereocenters. The van der Waals surface area contributed by atoms with Gasteiger partial charge in [0, 0.05) is 17.7 Å². The number of aromatic hydroxyl groups is 1. The van der Waals surface area contributed by atoms with Crippen LogP contribution in [-0.2, 0) is 4.79 Å². The van der Waals surface area contributed by atoms with E-state index < -0.39 is 0 Å². The van der Waals surface area contributed by atoms with Crippen molar-refractivity contribution < 1.29 is 9.90 Å². The minimum atomic E-state index is -0.289. The van der Waals surface area contributed by atoms with Crippen LogP contribution in [0, 0.1) is 12.8 Å². The number of carbonyl (C=O) groups is 1. The maximum atomic E-state index is 12.7. The first-order chi connectivity index (χ1) is 11.0. The Morgan fingerprint density at radius 1 is 1.26 bits per heavy atom. The molecular weight excluding hydrogens is 292 g/mol. The zero-order valence-electron chi connectivity index (χ0n) is 13.1. The van der Waals surface area contributed by atoms with Crippen LogP contribution in [0.2, 0.25) is 0 Å². The van der Waals surface area contributed by atoms with Crippen molar-refractivity contribution in [2.45, 2.75) is 32.7 Å². The lowest BCUT2D eigenvalue weighted by Crippen LogP contribution is -2.33. The van der Waals surface area contributed by atoms with Crippen LogP contribution in [0.1, 0.15) is 37.2 Å². The Morgan fingerprint density at radius 3 is 2.74 bits per heavy atom. The number of hydrogen-bond donors (Lipinski definition) is 2. The van der Waals surface area contributed by atoms with Gasteiger partial charge in [0.1, 0.15) is 17.6 Å². The molecule has 1 aromatic carbocycles. The first-order valence-electron chi connectivity index (χ1n) is 7.78. The molecule has 1 aliphatic carbocycles. The van der Waals surface area contributed by atoms with E-state index in [1.807, 2.05) is 19.1 Å². The summed E-state index contributed by atoms with van der Waals surface area (Å²) < 4.78 is 1.77. The van der Waals surface area contributed by atoms with Crippen LogP contribution < -0.4 is 5.32 Å². The summed E-state index contributed by atoms with van der Waals surface area (Å²) in [7, 11) is 0. The highest BCUT2D eigenvalue weighted by Crippen LogP contribution is 2.41. The molecule has 0 saturated heterocycles. The molecule has 6 heteroatoms. The molecular formula is C17H18N4O2. The van der Waals surface area contributed by atoms with Crippen LogP contribution in [0.3, 0.4) is 0 Å². The van der Waals surface area contributed by atoms with E-state index in [4.69, 9.17) is 0 Å². The maximum absolute atomic E-state index is 12.7. The molecule has 2 aliphatic rings. The van der Waals surface area contributed by atoms with Gasteiger partial charge < -0.3 is 10.4 Å². The molecule has 2 N–H and O–H groups in total. The van der Waals surface area contributed by atoms with E-state index in [0.717, 1.165) is 23.3 Å². The van der Waals surface area contributed by atoms with Gasteiger partial charge in [-0.05, 0) is 37.0 Å². The number of phenols is 1. The van der Waals surface area contributed by atoms with Crippen molar-refractivity contribution in [2.24, 2.45) is 5.92 Å². The van der Waals surface area contributed by atoms with Gasteiger partial charge in [0.25, 0.3) is 0 Å². The Morgan fingerprint density at radius 2 is 2.00 bits per heavy atom. The Balaban J connectivity index is 1.91. The van der Waals surface area contributed by atoms with Crippen molar-refractivity contribution >= 4 is 11.7 Å². The van der Waals surface area contributed by atoms with Crippen molar-refractivity contribution in [3.63, 3.8) is 0 Å². The summed E-state index contributed by atoms with van der Waals surface area (Å²) in [5.41, 5.74) is 2.64. The van der Waals surface area contributed by atoms with Gasteiger partial charge in [-0.3, -0.25) is 4.79 Å². The number of carbonyl (C=O) groups excluding carboxylic acids is 1. The van der Waals surface area contributed by atoms with Crippen LogP contribution in [-0.4, -0.2) is 25.7 Å². The molecule has 0 saturated carbocycles. The van der Waals surface area contributed by atoms with Gasteiger partial charge in [0.05, 0.1) is 0 Å². The van der Waals surface area contributed by atoms with E-state index >= 15 is 0 Å². The predicted molar refractivity (Wildman–Crippen MR) is 85.1 cm³/mol. The van der Waals surface area contributed by atoms with Gasteiger partial charge in [-0.2, -0.15) is 10.1 Å². The quantitative estimate of drug-likeness (QED) is 0.846. The molecule has 0 bridgehead atoms. The molecule has 6 nitrogen and oxygen atoms in total. The standard InChI is InChI=1S/C17H18N4O2/c1-9-7-13-15(14(23)8-9)16(11-3-5-12(22)6-4-11)21-17(19-13)18-10(2)20-21/h3-6,9,16,22H,7-8H2,1-2H3,(H,18,19,20). The molecule has 2 aromatic rings. The molecule has 1 aromatic heterocycles. The Kier molecular flexibility index (Phi) is 3.01. The minimum Gasteiger partial charge on any atom is -0.508 e. The number of rotatable bonds is 1. The van der Waals surface area contributed by atoms with E-state index in [9.17, 15) is 9.90 Å². The van der Waals surface area contributed by atoms with Crippen molar-refractivity contribution in [1.82, 2.24) is 14.8 Å². The highest BCUT2D eigenvalue weighted by Gasteiger charge is 2.38. The summed E-state index contributed by atoms with van der Waals surface area (Å²) >= 11 is 0. The number of ketones is 1. The number of aromatic nitrogens is 3. The van der Waals surface area contributed by atoms with Crippen molar-refractivity contribution in [3.8, 4) is 5.75 Å². The van der Waals surface area contributed by atoms with Crippen molar-refractivity contribution in [2.75, 3.05) is 5.32 Å². The number of allylic oxidation sites excluding steroid dienone is 2. The fourth-order valence-corrected chi connectivity index (χ4v) is 3.48. The molecule has 1 aliphatic heterocycles. The first-order valence-corrected chi connectivity index (χ1v) is 7.78. The number of anilines is 1. The van der Waals surface area contributed by atoms with Gasteiger partial charge in [-0.25, -0.2) is 4.68 Å². The second-order valence-electron chi connectivity index (χ2n) is 6.38. The normalized spacial score (nSPS) is 23.3. The van der Waals surface area contributed by atoms with Crippen LogP contribution >= 0.6 is 0 Å². The smallest absolute Gasteiger partial charge is 0.226 e. The highest BCUT2D eigenvalue weighted by molar-refractivity contribution is 5.99. The average Bonchev–Trinajstić information content (AvgIpc) is 2.85. The topological polar surface area (TPSA) is 80.0 Å².